The summed E-state index contributed by atoms with van der Waals surface area (Å²) in [7, 11) is 1.42. The first kappa shape index (κ1) is 11.8. The van der Waals surface area contributed by atoms with Crippen LogP contribution in [0.3, 0.4) is 0 Å². The van der Waals surface area contributed by atoms with Crippen LogP contribution in [0.5, 0.6) is 0 Å². The van der Waals surface area contributed by atoms with E-state index < -0.39 is 0 Å². The van der Waals surface area contributed by atoms with Crippen LogP contribution < -0.4 is 0 Å². The first-order chi connectivity index (χ1) is 7.13. The molecule has 0 aliphatic heterocycles. The van der Waals surface area contributed by atoms with Gasteiger partial charge in [-0.15, -0.1) is 0 Å². The number of esters is 1. The number of methoxy groups -OCH3 is 1. The Morgan fingerprint density at radius 3 is 2.40 bits per heavy atom. The Morgan fingerprint density at radius 2 is 1.93 bits per heavy atom. The summed E-state index contributed by atoms with van der Waals surface area (Å²) in [4.78, 5) is 11.5. The molecular formula is C13H18O2. The summed E-state index contributed by atoms with van der Waals surface area (Å²) in [6.07, 6.45) is 1.89. The molecule has 82 valence electrons. The first-order valence-corrected chi connectivity index (χ1v) is 5.34. The summed E-state index contributed by atoms with van der Waals surface area (Å²) in [6, 6.07) is 4.10. The smallest absolute Gasteiger partial charge is 0.338 e. The van der Waals surface area contributed by atoms with Crippen molar-refractivity contribution >= 4 is 5.97 Å². The summed E-state index contributed by atoms with van der Waals surface area (Å²) in [5.74, 6) is -0.238. The van der Waals surface area contributed by atoms with Crippen molar-refractivity contribution in [1.82, 2.24) is 0 Å². The lowest BCUT2D eigenvalue weighted by Gasteiger charge is -2.11. The minimum absolute atomic E-state index is 0.238. The standard InChI is InChI=1S/C13H18O2/c1-5-10-7-11(6-2)9(3)12(8-10)13(14)15-4/h7-8H,5-6H2,1-4H3. The molecule has 0 saturated heterocycles. The van der Waals surface area contributed by atoms with Crippen LogP contribution in [-0.4, -0.2) is 13.1 Å². The number of hydrogen-bond donors (Lipinski definition) is 0. The van der Waals surface area contributed by atoms with Gasteiger partial charge >= 0.3 is 5.97 Å². The van der Waals surface area contributed by atoms with Gasteiger partial charge in [-0.3, -0.25) is 0 Å². The number of rotatable bonds is 3. The monoisotopic (exact) mass is 206 g/mol. The van der Waals surface area contributed by atoms with Crippen molar-refractivity contribution in [1.29, 1.82) is 0 Å². The van der Waals surface area contributed by atoms with E-state index in [0.717, 1.165) is 18.4 Å². The third-order valence-corrected chi connectivity index (χ3v) is 2.77. The van der Waals surface area contributed by atoms with Gasteiger partial charge in [-0.05, 0) is 42.5 Å². The van der Waals surface area contributed by atoms with Gasteiger partial charge in [0, 0.05) is 0 Å². The minimum Gasteiger partial charge on any atom is -0.465 e. The summed E-state index contributed by atoms with van der Waals surface area (Å²) < 4.78 is 4.78. The average Bonchev–Trinajstić information content (AvgIpc) is 2.28. The van der Waals surface area contributed by atoms with E-state index in [1.165, 1.54) is 18.2 Å². The fourth-order valence-corrected chi connectivity index (χ4v) is 1.73. The van der Waals surface area contributed by atoms with Crippen molar-refractivity contribution in [2.24, 2.45) is 0 Å². The summed E-state index contributed by atoms with van der Waals surface area (Å²) in [6.45, 7) is 6.17. The maximum atomic E-state index is 11.5. The highest BCUT2D eigenvalue weighted by atomic mass is 16.5. The van der Waals surface area contributed by atoms with Crippen molar-refractivity contribution in [2.75, 3.05) is 7.11 Å². The van der Waals surface area contributed by atoms with Gasteiger partial charge in [-0.2, -0.15) is 0 Å². The summed E-state index contributed by atoms with van der Waals surface area (Å²) in [5, 5.41) is 0. The fraction of sp³-hybridized carbons (Fsp3) is 0.462. The van der Waals surface area contributed by atoms with E-state index in [9.17, 15) is 4.79 Å². The lowest BCUT2D eigenvalue weighted by Crippen LogP contribution is -2.07. The molecule has 0 saturated carbocycles. The number of ether oxygens (including phenoxy) is 1. The molecule has 0 aliphatic carbocycles. The molecule has 1 aromatic carbocycles. The molecule has 0 fully saturated rings. The number of hydrogen-bond acceptors (Lipinski definition) is 2. The van der Waals surface area contributed by atoms with Crippen molar-refractivity contribution in [3.8, 4) is 0 Å². The average molecular weight is 206 g/mol. The van der Waals surface area contributed by atoms with Gasteiger partial charge in [0.05, 0.1) is 12.7 Å². The minimum atomic E-state index is -0.238. The normalized spacial score (nSPS) is 10.1. The molecule has 15 heavy (non-hydrogen) atoms. The maximum Gasteiger partial charge on any atom is 0.338 e. The van der Waals surface area contributed by atoms with E-state index in [1.54, 1.807) is 0 Å². The predicted molar refractivity (Wildman–Crippen MR) is 61.3 cm³/mol. The largest absolute Gasteiger partial charge is 0.465 e. The Hall–Kier alpha value is -1.31. The topological polar surface area (TPSA) is 26.3 Å². The molecule has 2 heteroatoms. The van der Waals surface area contributed by atoms with Crippen LogP contribution in [0.4, 0.5) is 0 Å². The zero-order valence-corrected chi connectivity index (χ0v) is 9.89. The third kappa shape index (κ3) is 2.38. The second-order valence-electron chi connectivity index (χ2n) is 3.63. The van der Waals surface area contributed by atoms with Gasteiger partial charge in [0.1, 0.15) is 0 Å². The molecule has 0 atom stereocenters. The Labute approximate surface area is 91.3 Å². The van der Waals surface area contributed by atoms with E-state index in [4.69, 9.17) is 4.74 Å². The second-order valence-corrected chi connectivity index (χ2v) is 3.63. The molecule has 1 aromatic rings. The summed E-state index contributed by atoms with van der Waals surface area (Å²) >= 11 is 0. The first-order valence-electron chi connectivity index (χ1n) is 5.34. The fourth-order valence-electron chi connectivity index (χ4n) is 1.73. The highest BCUT2D eigenvalue weighted by Crippen LogP contribution is 2.19. The number of carbonyl (C=O) groups is 1. The lowest BCUT2D eigenvalue weighted by atomic mass is 9.96. The number of aryl methyl sites for hydroxylation is 2. The molecule has 0 amide bonds. The molecule has 2 nitrogen and oxygen atoms in total. The predicted octanol–water partition coefficient (Wildman–Crippen LogP) is 2.91. The molecule has 0 bridgehead atoms. The maximum absolute atomic E-state index is 11.5. The zero-order chi connectivity index (χ0) is 11.4. The van der Waals surface area contributed by atoms with Crippen molar-refractivity contribution in [2.45, 2.75) is 33.6 Å². The van der Waals surface area contributed by atoms with Gasteiger partial charge in [-0.25, -0.2) is 4.79 Å². The van der Waals surface area contributed by atoms with Gasteiger partial charge < -0.3 is 4.74 Å². The molecule has 0 radical (unpaired) electrons. The van der Waals surface area contributed by atoms with Gasteiger partial charge in [0.15, 0.2) is 0 Å². The molecule has 0 N–H and O–H groups in total. The SMILES string of the molecule is CCc1cc(CC)c(C)c(C(=O)OC)c1. The highest BCUT2D eigenvalue weighted by Gasteiger charge is 2.12. The highest BCUT2D eigenvalue weighted by molar-refractivity contribution is 5.91. The molecule has 0 spiro atoms. The second kappa shape index (κ2) is 4.96. The molecule has 0 aromatic heterocycles. The zero-order valence-electron chi connectivity index (χ0n) is 9.89. The molecular weight excluding hydrogens is 188 g/mol. The Morgan fingerprint density at radius 1 is 1.27 bits per heavy atom. The number of benzene rings is 1. The van der Waals surface area contributed by atoms with E-state index in [2.05, 4.69) is 19.9 Å². The molecule has 0 unspecified atom stereocenters. The van der Waals surface area contributed by atoms with Crippen LogP contribution in [0, 0.1) is 6.92 Å². The van der Waals surface area contributed by atoms with E-state index in [0.29, 0.717) is 5.56 Å². The molecule has 0 heterocycles. The Kier molecular flexibility index (Phi) is 3.89. The van der Waals surface area contributed by atoms with Gasteiger partial charge in [0.2, 0.25) is 0 Å². The Bertz CT molecular complexity index is 367. The summed E-state index contributed by atoms with van der Waals surface area (Å²) in [5.41, 5.74) is 4.17. The van der Waals surface area contributed by atoms with Crippen molar-refractivity contribution < 1.29 is 9.53 Å². The van der Waals surface area contributed by atoms with Crippen molar-refractivity contribution in [3.05, 3.63) is 34.4 Å². The van der Waals surface area contributed by atoms with Crippen LogP contribution in [0.15, 0.2) is 12.1 Å². The van der Waals surface area contributed by atoms with Crippen LogP contribution in [0.2, 0.25) is 0 Å². The van der Waals surface area contributed by atoms with Crippen LogP contribution in [0.1, 0.15) is 40.9 Å². The quantitative estimate of drug-likeness (QED) is 0.711. The van der Waals surface area contributed by atoms with Crippen molar-refractivity contribution in [3.63, 3.8) is 0 Å². The van der Waals surface area contributed by atoms with E-state index in [-0.39, 0.29) is 5.97 Å². The van der Waals surface area contributed by atoms with Gasteiger partial charge in [0.25, 0.3) is 0 Å². The lowest BCUT2D eigenvalue weighted by molar-refractivity contribution is 0.0599. The van der Waals surface area contributed by atoms with Gasteiger partial charge in [-0.1, -0.05) is 19.9 Å². The van der Waals surface area contributed by atoms with Crippen LogP contribution >= 0.6 is 0 Å². The Balaban J connectivity index is 3.30. The third-order valence-electron chi connectivity index (χ3n) is 2.77. The molecule has 1 rings (SSSR count). The molecule has 0 aliphatic rings. The van der Waals surface area contributed by atoms with E-state index in [1.807, 2.05) is 13.0 Å². The van der Waals surface area contributed by atoms with E-state index >= 15 is 0 Å². The van der Waals surface area contributed by atoms with Crippen LogP contribution in [-0.2, 0) is 17.6 Å². The number of carbonyl (C=O) groups excluding carboxylic acids is 1. The van der Waals surface area contributed by atoms with Crippen LogP contribution in [0.25, 0.3) is 0 Å².